The smallest absolute Gasteiger partial charge is 0.407 e. The minimum atomic E-state index is -0.820. The van der Waals surface area contributed by atoms with Crippen LogP contribution in [-0.4, -0.2) is 50.7 Å². The van der Waals surface area contributed by atoms with Crippen molar-refractivity contribution >= 4 is 22.9 Å². The number of imidazole rings is 1. The summed E-state index contributed by atoms with van der Waals surface area (Å²) < 4.78 is 0. The van der Waals surface area contributed by atoms with E-state index in [0.717, 1.165) is 36.2 Å². The van der Waals surface area contributed by atoms with Crippen LogP contribution >= 0.6 is 0 Å². The lowest BCUT2D eigenvalue weighted by atomic mass is 9.97. The van der Waals surface area contributed by atoms with Gasteiger partial charge in [-0.25, -0.2) is 14.8 Å². The highest BCUT2D eigenvalue weighted by molar-refractivity contribution is 5.85. The first-order chi connectivity index (χ1) is 9.74. The van der Waals surface area contributed by atoms with Crippen molar-refractivity contribution in [3.05, 3.63) is 18.6 Å². The molecule has 1 aliphatic rings. The lowest BCUT2D eigenvalue weighted by molar-refractivity contribution is 0.126. The van der Waals surface area contributed by atoms with Crippen LogP contribution < -0.4 is 5.32 Å². The zero-order valence-electron chi connectivity index (χ0n) is 11.0. The van der Waals surface area contributed by atoms with Gasteiger partial charge in [-0.15, -0.1) is 0 Å². The van der Waals surface area contributed by atoms with Crippen LogP contribution in [0.2, 0.25) is 0 Å². The van der Waals surface area contributed by atoms with Gasteiger partial charge in [0.15, 0.2) is 5.82 Å². The van der Waals surface area contributed by atoms with Gasteiger partial charge in [0.1, 0.15) is 5.52 Å². The van der Waals surface area contributed by atoms with Gasteiger partial charge in [-0.1, -0.05) is 0 Å². The Hall–Kier alpha value is -2.31. The van der Waals surface area contributed by atoms with Crippen molar-refractivity contribution in [1.29, 1.82) is 0 Å². The standard InChI is InChI=1S/C13H17N5O2/c19-13(20)18-5-2-9(3-6-18)7-15-12-11-10(1-4-14-12)16-8-17-11/h1,4,8-9H,2-3,5-7H2,(H,14,15)(H,16,17)(H,19,20). The molecule has 3 rings (SSSR count). The fraction of sp³-hybridized carbons (Fsp3) is 0.462. The Kier molecular flexibility index (Phi) is 3.41. The third kappa shape index (κ3) is 2.52. The molecule has 20 heavy (non-hydrogen) atoms. The predicted molar refractivity (Wildman–Crippen MR) is 74.7 cm³/mol. The summed E-state index contributed by atoms with van der Waals surface area (Å²) in [4.78, 5) is 23.9. The van der Waals surface area contributed by atoms with E-state index in [1.807, 2.05) is 6.07 Å². The molecule has 2 aromatic rings. The number of nitrogens with zero attached hydrogens (tertiary/aromatic N) is 3. The minimum Gasteiger partial charge on any atom is -0.465 e. The van der Waals surface area contributed by atoms with E-state index in [0.29, 0.717) is 19.0 Å². The van der Waals surface area contributed by atoms with Gasteiger partial charge >= 0.3 is 6.09 Å². The van der Waals surface area contributed by atoms with Crippen molar-refractivity contribution in [3.63, 3.8) is 0 Å². The fourth-order valence-electron chi connectivity index (χ4n) is 2.57. The van der Waals surface area contributed by atoms with E-state index in [2.05, 4.69) is 20.3 Å². The van der Waals surface area contributed by atoms with Gasteiger partial charge in [0.2, 0.25) is 0 Å². The maximum atomic E-state index is 10.8. The second kappa shape index (κ2) is 5.36. The highest BCUT2D eigenvalue weighted by atomic mass is 16.4. The van der Waals surface area contributed by atoms with Gasteiger partial charge in [-0.05, 0) is 24.8 Å². The number of nitrogens with one attached hydrogen (secondary N) is 2. The average molecular weight is 275 g/mol. The maximum Gasteiger partial charge on any atom is 0.407 e. The lowest BCUT2D eigenvalue weighted by Crippen LogP contribution is -2.39. The van der Waals surface area contributed by atoms with Crippen LogP contribution in [0, 0.1) is 5.92 Å². The number of hydrogen-bond donors (Lipinski definition) is 3. The summed E-state index contributed by atoms with van der Waals surface area (Å²) >= 11 is 0. The quantitative estimate of drug-likeness (QED) is 0.793. The fourth-order valence-corrected chi connectivity index (χ4v) is 2.57. The molecule has 7 nitrogen and oxygen atoms in total. The summed E-state index contributed by atoms with van der Waals surface area (Å²) in [6.07, 6.45) is 4.35. The van der Waals surface area contributed by atoms with Gasteiger partial charge in [0, 0.05) is 25.8 Å². The molecule has 106 valence electrons. The van der Waals surface area contributed by atoms with Crippen molar-refractivity contribution in [2.45, 2.75) is 12.8 Å². The van der Waals surface area contributed by atoms with E-state index in [9.17, 15) is 4.79 Å². The number of pyridine rings is 1. The van der Waals surface area contributed by atoms with Crippen LogP contribution in [0.1, 0.15) is 12.8 Å². The highest BCUT2D eigenvalue weighted by Gasteiger charge is 2.22. The Labute approximate surface area is 116 Å². The number of aromatic amines is 1. The molecular formula is C13H17N5O2. The molecule has 3 heterocycles. The Bertz CT molecular complexity index is 604. The summed E-state index contributed by atoms with van der Waals surface area (Å²) in [5.74, 6) is 1.26. The molecule has 3 N–H and O–H groups in total. The first-order valence-electron chi connectivity index (χ1n) is 6.74. The molecule has 1 fully saturated rings. The normalized spacial score (nSPS) is 16.5. The van der Waals surface area contributed by atoms with Crippen molar-refractivity contribution in [2.75, 3.05) is 25.0 Å². The topological polar surface area (TPSA) is 94.1 Å². The third-order valence-corrected chi connectivity index (χ3v) is 3.78. The zero-order chi connectivity index (χ0) is 13.9. The lowest BCUT2D eigenvalue weighted by Gasteiger charge is -2.30. The molecular weight excluding hydrogens is 258 g/mol. The maximum absolute atomic E-state index is 10.8. The van der Waals surface area contributed by atoms with E-state index < -0.39 is 6.09 Å². The molecule has 0 aromatic carbocycles. The molecule has 7 heteroatoms. The monoisotopic (exact) mass is 275 g/mol. The second-order valence-electron chi connectivity index (χ2n) is 5.05. The summed E-state index contributed by atoms with van der Waals surface area (Å²) in [6, 6.07) is 1.89. The number of hydrogen-bond acceptors (Lipinski definition) is 4. The van der Waals surface area contributed by atoms with Crippen LogP contribution in [0.3, 0.4) is 0 Å². The van der Waals surface area contributed by atoms with Crippen molar-refractivity contribution in [2.24, 2.45) is 5.92 Å². The number of fused-ring (bicyclic) bond motifs is 1. The second-order valence-corrected chi connectivity index (χ2v) is 5.05. The molecule has 1 amide bonds. The van der Waals surface area contributed by atoms with Crippen LogP contribution in [-0.2, 0) is 0 Å². The van der Waals surface area contributed by atoms with E-state index >= 15 is 0 Å². The number of rotatable bonds is 3. The number of carbonyl (C=O) groups is 1. The Morgan fingerprint density at radius 2 is 2.25 bits per heavy atom. The zero-order valence-corrected chi connectivity index (χ0v) is 11.0. The van der Waals surface area contributed by atoms with Crippen LogP contribution in [0.15, 0.2) is 18.6 Å². The average Bonchev–Trinajstić information content (AvgIpc) is 2.94. The Morgan fingerprint density at radius 3 is 3.00 bits per heavy atom. The molecule has 0 bridgehead atoms. The summed E-state index contributed by atoms with van der Waals surface area (Å²) in [7, 11) is 0. The number of anilines is 1. The van der Waals surface area contributed by atoms with Gasteiger partial charge in [-0.2, -0.15) is 0 Å². The highest BCUT2D eigenvalue weighted by Crippen LogP contribution is 2.20. The van der Waals surface area contributed by atoms with E-state index in [1.54, 1.807) is 12.5 Å². The number of carboxylic acid groups (broad SMARTS) is 1. The molecule has 1 aliphatic heterocycles. The molecule has 0 aliphatic carbocycles. The SMILES string of the molecule is O=C(O)N1CCC(CNc2nccc3[nH]cnc23)CC1. The number of piperidine rings is 1. The van der Waals surface area contributed by atoms with Gasteiger partial charge in [0.05, 0.1) is 11.8 Å². The molecule has 0 atom stereocenters. The molecule has 0 radical (unpaired) electrons. The molecule has 1 saturated heterocycles. The summed E-state index contributed by atoms with van der Waals surface area (Å²) in [5.41, 5.74) is 1.80. The van der Waals surface area contributed by atoms with Gasteiger partial charge < -0.3 is 20.3 Å². The van der Waals surface area contributed by atoms with E-state index in [4.69, 9.17) is 5.11 Å². The van der Waals surface area contributed by atoms with Crippen molar-refractivity contribution in [1.82, 2.24) is 19.9 Å². The molecule has 0 spiro atoms. The first-order valence-corrected chi connectivity index (χ1v) is 6.74. The number of aromatic nitrogens is 3. The van der Waals surface area contributed by atoms with Gasteiger partial charge in [-0.3, -0.25) is 0 Å². The minimum absolute atomic E-state index is 0.474. The summed E-state index contributed by atoms with van der Waals surface area (Å²) in [5, 5.41) is 12.2. The summed E-state index contributed by atoms with van der Waals surface area (Å²) in [6.45, 7) is 2.02. The van der Waals surface area contributed by atoms with E-state index in [1.165, 1.54) is 4.90 Å². The number of likely N-dealkylation sites (tertiary alicyclic amines) is 1. The van der Waals surface area contributed by atoms with Gasteiger partial charge in [0.25, 0.3) is 0 Å². The first kappa shape index (κ1) is 12.7. The van der Waals surface area contributed by atoms with E-state index in [-0.39, 0.29) is 0 Å². The Balaban J connectivity index is 1.58. The van der Waals surface area contributed by atoms with Crippen LogP contribution in [0.5, 0.6) is 0 Å². The molecule has 0 unspecified atom stereocenters. The Morgan fingerprint density at radius 1 is 1.45 bits per heavy atom. The molecule has 0 saturated carbocycles. The number of amides is 1. The predicted octanol–water partition coefficient (Wildman–Crippen LogP) is 1.76. The van der Waals surface area contributed by atoms with Crippen molar-refractivity contribution in [3.8, 4) is 0 Å². The number of H-pyrrole nitrogens is 1. The third-order valence-electron chi connectivity index (χ3n) is 3.78. The van der Waals surface area contributed by atoms with Crippen molar-refractivity contribution < 1.29 is 9.90 Å². The largest absolute Gasteiger partial charge is 0.465 e. The van der Waals surface area contributed by atoms with Crippen LogP contribution in [0.25, 0.3) is 11.0 Å². The molecule has 2 aromatic heterocycles. The van der Waals surface area contributed by atoms with Crippen LogP contribution in [0.4, 0.5) is 10.6 Å².